The summed E-state index contributed by atoms with van der Waals surface area (Å²) in [5.74, 6) is -2.97. The first-order valence-electron chi connectivity index (χ1n) is 10.1. The maximum atomic E-state index is 12.9. The molecule has 0 radical (unpaired) electrons. The van der Waals surface area contributed by atoms with E-state index in [2.05, 4.69) is 4.99 Å². The van der Waals surface area contributed by atoms with Gasteiger partial charge in [0.1, 0.15) is 5.92 Å². The van der Waals surface area contributed by atoms with Crippen LogP contribution in [0.2, 0.25) is 0 Å². The molecule has 0 spiro atoms. The third kappa shape index (κ3) is 5.11. The second-order valence-electron chi connectivity index (χ2n) is 6.74. The van der Waals surface area contributed by atoms with Crippen molar-refractivity contribution in [3.05, 3.63) is 41.4 Å². The van der Waals surface area contributed by atoms with Crippen LogP contribution in [-0.4, -0.2) is 43.4 Å². The van der Waals surface area contributed by atoms with Crippen molar-refractivity contribution in [2.24, 2.45) is 10.9 Å². The second-order valence-corrected chi connectivity index (χ2v) is 6.74. The second kappa shape index (κ2) is 10.7. The highest BCUT2D eigenvalue weighted by molar-refractivity contribution is 6.06. The number of allylic oxidation sites excluding steroid dienone is 1. The van der Waals surface area contributed by atoms with Gasteiger partial charge in [0.15, 0.2) is 11.9 Å². The van der Waals surface area contributed by atoms with Crippen molar-refractivity contribution < 1.29 is 33.2 Å². The molecular weight excluding hydrogens is 388 g/mol. The number of ether oxygens (including phenoxy) is 3. The summed E-state index contributed by atoms with van der Waals surface area (Å²) >= 11 is 0. The minimum Gasteiger partial charge on any atom is -0.465 e. The Morgan fingerprint density at radius 3 is 2.30 bits per heavy atom. The topological polar surface area (TPSA) is 95.1 Å². The van der Waals surface area contributed by atoms with E-state index in [0.29, 0.717) is 17.1 Å². The summed E-state index contributed by atoms with van der Waals surface area (Å²) in [7, 11) is 0. The lowest BCUT2D eigenvalue weighted by molar-refractivity contribution is -0.694. The number of esters is 3. The molecular formula is C22H29N2O6+. The Kier molecular flexibility index (Phi) is 8.26. The van der Waals surface area contributed by atoms with Crippen molar-refractivity contribution in [2.75, 3.05) is 19.8 Å². The average Bonchev–Trinajstić information content (AvgIpc) is 2.68. The van der Waals surface area contributed by atoms with Crippen LogP contribution in [0.1, 0.15) is 46.2 Å². The van der Waals surface area contributed by atoms with Crippen LogP contribution in [0, 0.1) is 5.92 Å². The minimum absolute atomic E-state index is 0.0542. The molecule has 8 heteroatoms. The van der Waals surface area contributed by atoms with Gasteiger partial charge >= 0.3 is 17.9 Å². The van der Waals surface area contributed by atoms with Crippen molar-refractivity contribution >= 4 is 23.6 Å². The maximum absolute atomic E-state index is 12.9. The Labute approximate surface area is 176 Å². The maximum Gasteiger partial charge on any atom is 0.372 e. The highest BCUT2D eigenvalue weighted by atomic mass is 16.5. The van der Waals surface area contributed by atoms with Crippen molar-refractivity contribution in [3.63, 3.8) is 0 Å². The summed E-state index contributed by atoms with van der Waals surface area (Å²) in [5, 5.41) is 0. The number of hydrogen-bond donors (Lipinski definition) is 0. The first-order chi connectivity index (χ1) is 14.3. The van der Waals surface area contributed by atoms with Crippen molar-refractivity contribution in [2.45, 2.75) is 47.1 Å². The fourth-order valence-corrected chi connectivity index (χ4v) is 3.63. The van der Waals surface area contributed by atoms with Crippen molar-refractivity contribution in [3.8, 4) is 0 Å². The summed E-state index contributed by atoms with van der Waals surface area (Å²) in [6, 6.07) is 5.34. The predicted molar refractivity (Wildman–Crippen MR) is 109 cm³/mol. The van der Waals surface area contributed by atoms with Crippen LogP contribution in [0.25, 0.3) is 0 Å². The average molecular weight is 417 g/mol. The van der Waals surface area contributed by atoms with Crippen LogP contribution in [0.15, 0.2) is 40.7 Å². The van der Waals surface area contributed by atoms with Crippen molar-refractivity contribution in [1.82, 2.24) is 0 Å². The van der Waals surface area contributed by atoms with Crippen LogP contribution in [-0.2, 0) is 35.1 Å². The first kappa shape index (κ1) is 23.3. The van der Waals surface area contributed by atoms with Gasteiger partial charge in [-0.1, -0.05) is 6.07 Å². The molecule has 2 rings (SSSR count). The molecule has 0 aromatic carbocycles. The summed E-state index contributed by atoms with van der Waals surface area (Å²) < 4.78 is 17.3. The molecule has 1 aromatic heterocycles. The van der Waals surface area contributed by atoms with Gasteiger partial charge in [0.2, 0.25) is 6.54 Å². The zero-order valence-electron chi connectivity index (χ0n) is 18.1. The molecule has 2 unspecified atom stereocenters. The van der Waals surface area contributed by atoms with Gasteiger partial charge in [-0.05, 0) is 34.6 Å². The van der Waals surface area contributed by atoms with Gasteiger partial charge in [-0.25, -0.2) is 9.59 Å². The molecule has 2 atom stereocenters. The van der Waals surface area contributed by atoms with Gasteiger partial charge in [-0.2, -0.15) is 4.57 Å². The summed E-state index contributed by atoms with van der Waals surface area (Å²) in [5.41, 5.74) is 1.89. The Hall–Kier alpha value is -3.03. The Bertz CT molecular complexity index is 874. The van der Waals surface area contributed by atoms with Crippen LogP contribution < -0.4 is 4.57 Å². The Morgan fingerprint density at radius 1 is 1.00 bits per heavy atom. The molecule has 0 amide bonds. The van der Waals surface area contributed by atoms with Gasteiger partial charge in [-0.3, -0.25) is 9.79 Å². The summed E-state index contributed by atoms with van der Waals surface area (Å²) in [4.78, 5) is 42.3. The lowest BCUT2D eigenvalue weighted by Gasteiger charge is -2.29. The molecule has 0 aliphatic carbocycles. The zero-order chi connectivity index (χ0) is 22.3. The Balaban J connectivity index is 2.65. The lowest BCUT2D eigenvalue weighted by Crippen LogP contribution is -2.47. The Morgan fingerprint density at radius 2 is 1.67 bits per heavy atom. The SMILES string of the molecule is CCOC(=O)C[n+]1ccccc1C1C(C(=O)OCC)=C(C)N=C(C)C1C(=O)OCC. The normalized spacial score (nSPS) is 18.5. The van der Waals surface area contributed by atoms with Gasteiger partial charge in [-0.15, -0.1) is 0 Å². The molecule has 0 saturated carbocycles. The van der Waals surface area contributed by atoms with Crippen LogP contribution in [0.5, 0.6) is 0 Å². The fourth-order valence-electron chi connectivity index (χ4n) is 3.63. The van der Waals surface area contributed by atoms with E-state index in [0.717, 1.165) is 0 Å². The van der Waals surface area contributed by atoms with E-state index in [1.165, 1.54) is 0 Å². The quantitative estimate of drug-likeness (QED) is 0.365. The third-order valence-electron chi connectivity index (χ3n) is 4.76. The van der Waals surface area contributed by atoms with E-state index >= 15 is 0 Å². The highest BCUT2D eigenvalue weighted by Gasteiger charge is 2.46. The molecule has 8 nitrogen and oxygen atoms in total. The number of carbonyl (C=O) groups is 3. The summed E-state index contributed by atoms with van der Waals surface area (Å²) in [6.07, 6.45) is 1.72. The smallest absolute Gasteiger partial charge is 0.372 e. The number of rotatable bonds is 8. The number of hydrogen-bond acceptors (Lipinski definition) is 7. The predicted octanol–water partition coefficient (Wildman–Crippen LogP) is 2.11. The third-order valence-corrected chi connectivity index (χ3v) is 4.76. The minimum atomic E-state index is -0.816. The van der Waals surface area contributed by atoms with E-state index in [4.69, 9.17) is 14.2 Å². The lowest BCUT2D eigenvalue weighted by atomic mass is 9.77. The van der Waals surface area contributed by atoms with Crippen molar-refractivity contribution in [1.29, 1.82) is 0 Å². The number of aliphatic imine (C=N–C) groups is 1. The molecule has 1 aromatic rings. The van der Waals surface area contributed by atoms with Crippen LogP contribution >= 0.6 is 0 Å². The molecule has 0 fully saturated rings. The summed E-state index contributed by atoms with van der Waals surface area (Å²) in [6.45, 7) is 9.21. The monoisotopic (exact) mass is 417 g/mol. The number of aromatic nitrogens is 1. The van der Waals surface area contributed by atoms with Crippen LogP contribution in [0.4, 0.5) is 0 Å². The standard InChI is InChI=1S/C22H29N2O6/c1-6-28-17(25)13-24-12-10-9-11-16(24)20-18(21(26)29-7-2)14(4)23-15(5)19(20)22(27)30-8-3/h9-12,18,20H,6-8,13H2,1-5H3/q+1. The van der Waals surface area contributed by atoms with Gasteiger partial charge in [0.05, 0.1) is 31.3 Å². The molecule has 2 heterocycles. The van der Waals surface area contributed by atoms with Crippen LogP contribution in [0.3, 0.4) is 0 Å². The molecule has 162 valence electrons. The molecule has 30 heavy (non-hydrogen) atoms. The number of carbonyl (C=O) groups excluding carboxylic acids is 3. The van der Waals surface area contributed by atoms with Gasteiger partial charge in [0, 0.05) is 23.5 Å². The van der Waals surface area contributed by atoms with E-state index in [-0.39, 0.29) is 31.9 Å². The number of pyridine rings is 1. The molecule has 1 aliphatic heterocycles. The van der Waals surface area contributed by atoms with Gasteiger partial charge in [0.25, 0.3) is 0 Å². The van der Waals surface area contributed by atoms with Gasteiger partial charge < -0.3 is 14.2 Å². The largest absolute Gasteiger partial charge is 0.465 e. The zero-order valence-corrected chi connectivity index (χ0v) is 18.1. The van der Waals surface area contributed by atoms with E-state index in [1.807, 2.05) is 0 Å². The molecule has 0 bridgehead atoms. The number of nitrogens with zero attached hydrogens (tertiary/aromatic N) is 2. The first-order valence-corrected chi connectivity index (χ1v) is 10.1. The van der Waals surface area contributed by atoms with E-state index < -0.39 is 29.7 Å². The van der Waals surface area contributed by atoms with E-state index in [1.54, 1.807) is 63.6 Å². The fraction of sp³-hybridized carbons (Fsp3) is 0.500. The molecule has 0 N–H and O–H groups in total. The molecule has 0 saturated heterocycles. The highest BCUT2D eigenvalue weighted by Crippen LogP contribution is 2.38. The molecule has 1 aliphatic rings. The van der Waals surface area contributed by atoms with E-state index in [9.17, 15) is 14.4 Å².